The van der Waals surface area contributed by atoms with Crippen LogP contribution in [0.4, 0.5) is 0 Å². The lowest BCUT2D eigenvalue weighted by atomic mass is 10.0. The first-order valence-electron chi connectivity index (χ1n) is 15.0. The molecule has 1 fully saturated rings. The fraction of sp³-hybridized carbons (Fsp3) is 0.167. The van der Waals surface area contributed by atoms with Crippen LogP contribution < -0.4 is 10.1 Å². The summed E-state index contributed by atoms with van der Waals surface area (Å²) in [4.78, 5) is 47.0. The van der Waals surface area contributed by atoms with Crippen LogP contribution in [0.2, 0.25) is 0 Å². The molecule has 0 aliphatic carbocycles. The number of rotatable bonds is 13. The fourth-order valence-electron chi connectivity index (χ4n) is 5.05. The van der Waals surface area contributed by atoms with E-state index in [1.165, 1.54) is 44.9 Å². The number of hydrogen-bond donors (Lipinski definition) is 1. The van der Waals surface area contributed by atoms with E-state index in [1.807, 2.05) is 91.0 Å². The fourth-order valence-corrected chi connectivity index (χ4v) is 8.96. The van der Waals surface area contributed by atoms with Crippen LogP contribution >= 0.6 is 32.9 Å². The molecule has 0 radical (unpaired) electrons. The normalized spacial score (nSPS) is 16.2. The number of carbonyl (C=O) groups is 3. The Bertz CT molecular complexity index is 1850. The SMILES string of the molecule is COC(C)=C(C(=O)OC(c1ccccc1)c1ccccc1)N1C(=O)C(NC(=O)COc2ccccc2)C1SSc1nc2ccccc2s1. The van der Waals surface area contributed by atoms with Crippen molar-refractivity contribution >= 4 is 60.9 Å². The minimum absolute atomic E-state index is 0.0483. The number of thiazole rings is 1. The van der Waals surface area contributed by atoms with Crippen molar-refractivity contribution < 1.29 is 28.6 Å². The molecule has 5 aromatic rings. The number of nitrogens with zero attached hydrogens (tertiary/aromatic N) is 2. The molecule has 1 saturated heterocycles. The molecule has 9 nitrogen and oxygen atoms in total. The molecule has 0 spiro atoms. The quantitative estimate of drug-likeness (QED) is 0.0459. The van der Waals surface area contributed by atoms with E-state index in [0.717, 1.165) is 25.7 Å². The maximum Gasteiger partial charge on any atom is 0.359 e. The summed E-state index contributed by atoms with van der Waals surface area (Å²) in [5.41, 5.74) is 2.35. The highest BCUT2D eigenvalue weighted by Crippen LogP contribution is 2.46. The van der Waals surface area contributed by atoms with Gasteiger partial charge < -0.3 is 19.5 Å². The summed E-state index contributed by atoms with van der Waals surface area (Å²) in [5.74, 6) is -0.974. The monoisotopic (exact) mass is 697 g/mol. The highest BCUT2D eigenvalue weighted by molar-refractivity contribution is 8.77. The first-order chi connectivity index (χ1) is 23.4. The zero-order chi connectivity index (χ0) is 33.5. The molecule has 4 aromatic carbocycles. The average molecular weight is 698 g/mol. The van der Waals surface area contributed by atoms with E-state index in [4.69, 9.17) is 19.2 Å². The summed E-state index contributed by atoms with van der Waals surface area (Å²) in [6, 6.07) is 34.6. The number of methoxy groups -OCH3 is 1. The van der Waals surface area contributed by atoms with Crippen molar-refractivity contribution in [2.45, 2.75) is 28.8 Å². The molecule has 0 saturated carbocycles. The van der Waals surface area contributed by atoms with Crippen LogP contribution in [-0.4, -0.2) is 52.8 Å². The lowest BCUT2D eigenvalue weighted by Gasteiger charge is -2.46. The Balaban J connectivity index is 1.26. The summed E-state index contributed by atoms with van der Waals surface area (Å²) in [7, 11) is 4.10. The number of para-hydroxylation sites is 2. The average Bonchev–Trinajstić information content (AvgIpc) is 3.55. The van der Waals surface area contributed by atoms with Crippen LogP contribution in [0.15, 0.2) is 131 Å². The second-order valence-electron chi connectivity index (χ2n) is 10.6. The van der Waals surface area contributed by atoms with E-state index < -0.39 is 35.3 Å². The van der Waals surface area contributed by atoms with Gasteiger partial charge >= 0.3 is 5.97 Å². The first-order valence-corrected chi connectivity index (χ1v) is 18.0. The van der Waals surface area contributed by atoms with Crippen LogP contribution in [0.25, 0.3) is 10.2 Å². The Morgan fingerprint density at radius 2 is 1.50 bits per heavy atom. The Labute approximate surface area is 289 Å². The van der Waals surface area contributed by atoms with Gasteiger partial charge in [-0.1, -0.05) is 102 Å². The smallest absolute Gasteiger partial charge is 0.359 e. The first kappa shape index (κ1) is 33.1. The minimum atomic E-state index is -0.949. The predicted octanol–water partition coefficient (Wildman–Crippen LogP) is 6.98. The summed E-state index contributed by atoms with van der Waals surface area (Å²) >= 11 is 1.52. The van der Waals surface area contributed by atoms with Crippen LogP contribution in [-0.2, 0) is 23.9 Å². The van der Waals surface area contributed by atoms with E-state index in [9.17, 15) is 14.4 Å². The molecule has 0 bridgehead atoms. The minimum Gasteiger partial charge on any atom is -0.499 e. The number of benzene rings is 4. The van der Waals surface area contributed by atoms with Crippen LogP contribution in [0.1, 0.15) is 24.2 Å². The third-order valence-corrected chi connectivity index (χ3v) is 11.5. The van der Waals surface area contributed by atoms with Crippen molar-refractivity contribution in [2.24, 2.45) is 0 Å². The van der Waals surface area contributed by atoms with E-state index in [1.54, 1.807) is 31.2 Å². The van der Waals surface area contributed by atoms with Crippen molar-refractivity contribution in [2.75, 3.05) is 13.7 Å². The van der Waals surface area contributed by atoms with Gasteiger partial charge in [0.1, 0.15) is 22.9 Å². The van der Waals surface area contributed by atoms with E-state index in [-0.39, 0.29) is 18.1 Å². The van der Waals surface area contributed by atoms with Gasteiger partial charge in [0.25, 0.3) is 11.8 Å². The number of allylic oxidation sites excluding steroid dienone is 1. The van der Waals surface area contributed by atoms with Gasteiger partial charge in [0, 0.05) is 0 Å². The van der Waals surface area contributed by atoms with Crippen molar-refractivity contribution in [3.8, 4) is 5.75 Å². The number of nitrogens with one attached hydrogen (secondary N) is 1. The molecule has 2 unspecified atom stereocenters. The van der Waals surface area contributed by atoms with Gasteiger partial charge in [0.15, 0.2) is 22.7 Å². The van der Waals surface area contributed by atoms with Crippen molar-refractivity contribution in [1.29, 1.82) is 0 Å². The number of aromatic nitrogens is 1. The van der Waals surface area contributed by atoms with Crippen molar-refractivity contribution in [3.63, 3.8) is 0 Å². The second kappa shape index (κ2) is 15.4. The lowest BCUT2D eigenvalue weighted by Crippen LogP contribution is -2.69. The van der Waals surface area contributed by atoms with E-state index in [0.29, 0.717) is 5.75 Å². The number of carbonyl (C=O) groups excluding carboxylic acids is 3. The molecule has 1 aliphatic rings. The van der Waals surface area contributed by atoms with Crippen LogP contribution in [0.5, 0.6) is 5.75 Å². The molecule has 244 valence electrons. The number of likely N-dealkylation sites (tertiary alicyclic amines) is 1. The highest BCUT2D eigenvalue weighted by Gasteiger charge is 2.53. The molecular formula is C36H31N3O6S3. The Morgan fingerprint density at radius 3 is 2.12 bits per heavy atom. The maximum atomic E-state index is 14.1. The van der Waals surface area contributed by atoms with Crippen LogP contribution in [0.3, 0.4) is 0 Å². The summed E-state index contributed by atoms with van der Waals surface area (Å²) in [6.07, 6.45) is -0.746. The Morgan fingerprint density at radius 1 is 0.896 bits per heavy atom. The Kier molecular flexibility index (Phi) is 10.6. The van der Waals surface area contributed by atoms with Gasteiger partial charge in [-0.15, -0.1) is 11.3 Å². The van der Waals surface area contributed by atoms with Gasteiger partial charge in [-0.3, -0.25) is 14.5 Å². The molecule has 1 aliphatic heterocycles. The number of esters is 1. The van der Waals surface area contributed by atoms with Gasteiger partial charge in [-0.05, 0) is 53.1 Å². The number of amides is 2. The van der Waals surface area contributed by atoms with Crippen LogP contribution in [0, 0.1) is 0 Å². The molecule has 6 rings (SSSR count). The summed E-state index contributed by atoms with van der Waals surface area (Å²) in [5, 5.41) is 2.10. The van der Waals surface area contributed by atoms with Gasteiger partial charge in [0.2, 0.25) is 0 Å². The molecule has 48 heavy (non-hydrogen) atoms. The second-order valence-corrected chi connectivity index (χ2v) is 14.2. The largest absolute Gasteiger partial charge is 0.499 e. The van der Waals surface area contributed by atoms with Gasteiger partial charge in [-0.25, -0.2) is 9.78 Å². The number of β-lactam (4-membered cyclic amide) rings is 1. The number of hydrogen-bond acceptors (Lipinski definition) is 10. The van der Waals surface area contributed by atoms with Gasteiger partial charge in [-0.2, -0.15) is 0 Å². The zero-order valence-corrected chi connectivity index (χ0v) is 28.4. The molecule has 1 aromatic heterocycles. The van der Waals surface area contributed by atoms with Gasteiger partial charge in [0.05, 0.1) is 17.3 Å². The number of ether oxygens (including phenoxy) is 3. The van der Waals surface area contributed by atoms with Crippen molar-refractivity contribution in [3.05, 3.63) is 138 Å². The van der Waals surface area contributed by atoms with E-state index in [2.05, 4.69) is 5.32 Å². The maximum absolute atomic E-state index is 14.1. The van der Waals surface area contributed by atoms with Crippen molar-refractivity contribution in [1.82, 2.24) is 15.2 Å². The third-order valence-electron chi connectivity index (χ3n) is 7.47. The molecule has 1 N–H and O–H groups in total. The number of fused-ring (bicyclic) bond motifs is 1. The predicted molar refractivity (Wildman–Crippen MR) is 188 cm³/mol. The zero-order valence-electron chi connectivity index (χ0n) is 26.0. The molecule has 12 heteroatoms. The molecule has 2 heterocycles. The highest BCUT2D eigenvalue weighted by atomic mass is 33.1. The molecular weight excluding hydrogens is 667 g/mol. The lowest BCUT2D eigenvalue weighted by molar-refractivity contribution is -0.155. The van der Waals surface area contributed by atoms with E-state index >= 15 is 0 Å². The summed E-state index contributed by atoms with van der Waals surface area (Å²) in [6.45, 7) is 1.32. The topological polar surface area (TPSA) is 107 Å². The molecule has 2 amide bonds. The molecule has 2 atom stereocenters. The third kappa shape index (κ3) is 7.51. The Hall–Kier alpha value is -4.78. The summed E-state index contributed by atoms with van der Waals surface area (Å²) < 4.78 is 19.1. The standard InChI is InChI=1S/C36H31N3O6S3/c1-23(43-2)31(35(42)45-32(24-14-6-3-7-15-24)25-16-8-4-9-17-25)39-33(41)30(38-29(40)22-44-26-18-10-5-11-19-26)34(39)47-48-36-37-27-20-12-13-21-28(27)46-36/h3-21,30,32,34H,22H2,1-2H3,(H,38,40).